The maximum absolute atomic E-state index is 12.2. The van der Waals surface area contributed by atoms with Crippen LogP contribution in [0.2, 0.25) is 10.0 Å². The van der Waals surface area contributed by atoms with Gasteiger partial charge in [-0.2, -0.15) is 5.23 Å². The van der Waals surface area contributed by atoms with Gasteiger partial charge in [0.1, 0.15) is 11.3 Å². The first-order chi connectivity index (χ1) is 11.9. The molecule has 1 heterocycles. The Bertz CT molecular complexity index is 1020. The third-order valence-corrected chi connectivity index (χ3v) is 4.15. The zero-order valence-electron chi connectivity index (χ0n) is 12.9. The van der Waals surface area contributed by atoms with Gasteiger partial charge in [-0.15, -0.1) is 0 Å². The Kier molecular flexibility index (Phi) is 4.89. The molecule has 8 heteroatoms. The normalized spacial score (nSPS) is 13.2. The molecule has 128 valence electrons. The highest BCUT2D eigenvalue weighted by atomic mass is 35.5. The molecule has 0 fully saturated rings. The molecule has 0 bridgehead atoms. The summed E-state index contributed by atoms with van der Waals surface area (Å²) in [5.41, 5.74) is 0.718. The molecular formula is C17H12Cl2N2O4. The summed E-state index contributed by atoms with van der Waals surface area (Å²) in [6.45, 7) is 1.62. The maximum Gasteiger partial charge on any atom is 0.345 e. The first-order valence-corrected chi connectivity index (χ1v) is 7.93. The van der Waals surface area contributed by atoms with E-state index in [0.29, 0.717) is 11.3 Å². The summed E-state index contributed by atoms with van der Waals surface area (Å²) >= 11 is 12.2. The van der Waals surface area contributed by atoms with Crippen LogP contribution >= 0.6 is 23.2 Å². The van der Waals surface area contributed by atoms with Crippen LogP contribution < -0.4 is 10.9 Å². The quantitative estimate of drug-likeness (QED) is 0.413. The molecule has 3 aromatic rings. The van der Waals surface area contributed by atoms with Gasteiger partial charge in [0.05, 0.1) is 21.3 Å². The van der Waals surface area contributed by atoms with Gasteiger partial charge in [-0.3, -0.25) is 0 Å². The molecular weight excluding hydrogens is 367 g/mol. The molecule has 0 amide bonds. The lowest BCUT2D eigenvalue weighted by atomic mass is 10.1. The maximum atomic E-state index is 12.2. The van der Waals surface area contributed by atoms with Crippen molar-refractivity contribution < 1.29 is 14.9 Å². The average molecular weight is 379 g/mol. The van der Waals surface area contributed by atoms with E-state index < -0.39 is 10.9 Å². The first kappa shape index (κ1) is 17.6. The van der Waals surface area contributed by atoms with Crippen LogP contribution in [-0.2, 0) is 0 Å². The van der Waals surface area contributed by atoms with Crippen molar-refractivity contribution in [1.82, 2.24) is 0 Å². The van der Waals surface area contributed by atoms with Crippen LogP contribution in [0.15, 0.2) is 56.7 Å². The van der Waals surface area contributed by atoms with Crippen molar-refractivity contribution in [3.05, 3.63) is 73.7 Å². The van der Waals surface area contributed by atoms with Crippen LogP contribution in [0, 0.1) is 5.21 Å². The third-order valence-electron chi connectivity index (χ3n) is 3.57. The van der Waals surface area contributed by atoms with Crippen molar-refractivity contribution in [1.29, 1.82) is 0 Å². The van der Waals surface area contributed by atoms with Crippen LogP contribution in [0.1, 0.15) is 12.5 Å². The highest BCUT2D eigenvalue weighted by Crippen LogP contribution is 2.35. The molecule has 1 aromatic heterocycles. The van der Waals surface area contributed by atoms with E-state index in [2.05, 4.69) is 4.99 Å². The number of benzene rings is 2. The number of halogens is 2. The van der Waals surface area contributed by atoms with Crippen LogP contribution in [-0.4, -0.2) is 10.9 Å². The molecule has 0 radical (unpaired) electrons. The number of rotatable bonds is 3. The second-order valence-corrected chi connectivity index (χ2v) is 6.09. The second-order valence-electron chi connectivity index (χ2n) is 5.28. The molecule has 0 aliphatic carbocycles. The molecule has 2 N–H and O–H groups in total. The summed E-state index contributed by atoms with van der Waals surface area (Å²) in [4.78, 5) is 16.5. The summed E-state index contributed by atoms with van der Waals surface area (Å²) < 4.78 is 5.28. The van der Waals surface area contributed by atoms with Gasteiger partial charge in [0, 0.05) is 17.5 Å². The largest absolute Gasteiger partial charge is 0.595 e. The fourth-order valence-corrected chi connectivity index (χ4v) is 2.91. The summed E-state index contributed by atoms with van der Waals surface area (Å²) in [7, 11) is 0. The van der Waals surface area contributed by atoms with E-state index in [1.807, 2.05) is 12.1 Å². The van der Waals surface area contributed by atoms with Crippen LogP contribution in [0.5, 0.6) is 0 Å². The molecule has 0 aliphatic heterocycles. The lowest BCUT2D eigenvalue weighted by Gasteiger charge is -2.13. The monoisotopic (exact) mass is 378 g/mol. The molecule has 1 unspecified atom stereocenters. The second kappa shape index (κ2) is 6.95. The van der Waals surface area contributed by atoms with E-state index in [9.17, 15) is 10.0 Å². The molecule has 3 rings (SSSR count). The fourth-order valence-electron chi connectivity index (χ4n) is 2.34. The summed E-state index contributed by atoms with van der Waals surface area (Å²) in [6, 6.07) is 11.3. The van der Waals surface area contributed by atoms with Gasteiger partial charge in [-0.25, -0.2) is 15.0 Å². The first-order valence-electron chi connectivity index (χ1n) is 7.17. The molecule has 0 aliphatic rings. The van der Waals surface area contributed by atoms with Crippen molar-refractivity contribution in [2.45, 2.75) is 6.92 Å². The van der Waals surface area contributed by atoms with Crippen LogP contribution in [0.25, 0.3) is 11.0 Å². The van der Waals surface area contributed by atoms with Gasteiger partial charge in [-0.05, 0) is 19.1 Å². The van der Waals surface area contributed by atoms with E-state index in [-0.39, 0.29) is 27.0 Å². The minimum absolute atomic E-state index is 0.0446. The summed E-state index contributed by atoms with van der Waals surface area (Å²) in [5, 5.41) is 19.8. The van der Waals surface area contributed by atoms with Gasteiger partial charge >= 0.3 is 5.63 Å². The minimum Gasteiger partial charge on any atom is -0.595 e. The molecule has 6 nitrogen and oxygen atoms in total. The molecule has 1 atom stereocenters. The molecule has 0 saturated carbocycles. The summed E-state index contributed by atoms with van der Waals surface area (Å²) in [6.07, 6.45) is 0. The highest BCUT2D eigenvalue weighted by molar-refractivity contribution is 6.39. The van der Waals surface area contributed by atoms with Gasteiger partial charge in [0.2, 0.25) is 0 Å². The SMILES string of the molecule is CC(=Nc1c(Cl)cc([NH+]([O-])O)cc1Cl)c1cc2ccccc2oc1=O. The van der Waals surface area contributed by atoms with Crippen molar-refractivity contribution >= 4 is 51.3 Å². The number of fused-ring (bicyclic) bond motifs is 1. The predicted octanol–water partition coefficient (Wildman–Crippen LogP) is 3.64. The standard InChI is InChI=1S/C17H12Cl2N2O4/c1-9(12-6-10-4-2-3-5-15(10)25-17(12)22)20-16-13(18)7-11(21(23)24)8-14(16)19/h2-8,21,23H,1H3. The Hall–Kier alpha value is -2.22. The van der Waals surface area contributed by atoms with Gasteiger partial charge in [-0.1, -0.05) is 41.4 Å². The van der Waals surface area contributed by atoms with Crippen molar-refractivity contribution in [2.75, 3.05) is 0 Å². The Labute approximate surface area is 152 Å². The van der Waals surface area contributed by atoms with E-state index >= 15 is 0 Å². The number of nitrogens with one attached hydrogen (secondary N) is 1. The van der Waals surface area contributed by atoms with Crippen LogP contribution in [0.3, 0.4) is 0 Å². The molecule has 2 aromatic carbocycles. The summed E-state index contributed by atoms with van der Waals surface area (Å²) in [5.74, 6) is 0. The predicted molar refractivity (Wildman–Crippen MR) is 96.6 cm³/mol. The zero-order valence-corrected chi connectivity index (χ0v) is 14.4. The third kappa shape index (κ3) is 3.58. The highest BCUT2D eigenvalue weighted by Gasteiger charge is 2.14. The van der Waals surface area contributed by atoms with Crippen molar-refractivity contribution in [2.24, 2.45) is 4.99 Å². The van der Waals surface area contributed by atoms with E-state index in [1.165, 1.54) is 12.1 Å². The number of aliphatic imine (C=N–C) groups is 1. The molecule has 0 spiro atoms. The van der Waals surface area contributed by atoms with Gasteiger partial charge < -0.3 is 9.62 Å². The Morgan fingerprint density at radius 2 is 1.84 bits per heavy atom. The molecule has 0 saturated heterocycles. The van der Waals surface area contributed by atoms with E-state index in [1.54, 1.807) is 25.1 Å². The Morgan fingerprint density at radius 1 is 1.20 bits per heavy atom. The lowest BCUT2D eigenvalue weighted by Crippen LogP contribution is -2.99. The zero-order chi connectivity index (χ0) is 18.1. The van der Waals surface area contributed by atoms with Crippen molar-refractivity contribution in [3.8, 4) is 0 Å². The van der Waals surface area contributed by atoms with Crippen LogP contribution in [0.4, 0.5) is 11.4 Å². The minimum atomic E-state index is -1.15. The number of quaternary nitrogens is 1. The molecule has 25 heavy (non-hydrogen) atoms. The Morgan fingerprint density at radius 3 is 2.48 bits per heavy atom. The van der Waals surface area contributed by atoms with E-state index in [4.69, 9.17) is 32.8 Å². The number of para-hydroxylation sites is 1. The number of nitrogens with zero attached hydrogens (tertiary/aromatic N) is 1. The number of hydrogen-bond acceptors (Lipinski definition) is 5. The lowest BCUT2D eigenvalue weighted by molar-refractivity contribution is -0.991. The fraction of sp³-hybridized carbons (Fsp3) is 0.0588. The number of hydrogen-bond donors (Lipinski definition) is 2. The van der Waals surface area contributed by atoms with Crippen molar-refractivity contribution in [3.63, 3.8) is 0 Å². The van der Waals surface area contributed by atoms with Gasteiger partial charge in [0.15, 0.2) is 5.69 Å². The average Bonchev–Trinajstić information content (AvgIpc) is 2.57. The Balaban J connectivity index is 2.11. The van der Waals surface area contributed by atoms with Gasteiger partial charge in [0.25, 0.3) is 0 Å². The van der Waals surface area contributed by atoms with E-state index in [0.717, 1.165) is 5.39 Å². The smallest absolute Gasteiger partial charge is 0.345 e. The topological polar surface area (TPSA) is 90.3 Å².